The molecule has 0 aromatic heterocycles. The number of rotatable bonds is 8. The second-order valence-corrected chi connectivity index (χ2v) is 7.74. The number of phenolic OH excluding ortho intramolecular Hbond substituents is 1. The van der Waals surface area contributed by atoms with Gasteiger partial charge in [0.2, 0.25) is 11.8 Å². The first-order valence-electron chi connectivity index (χ1n) is 9.80. The highest BCUT2D eigenvalue weighted by Gasteiger charge is 2.33. The monoisotopic (exact) mass is 437 g/mol. The number of alkyl carbamates (subject to hydrolysis) is 1. The number of esters is 1. The third kappa shape index (κ3) is 7.80. The van der Waals surface area contributed by atoms with E-state index in [4.69, 9.17) is 4.74 Å². The van der Waals surface area contributed by atoms with Gasteiger partial charge in [-0.15, -0.1) is 0 Å². The van der Waals surface area contributed by atoms with Gasteiger partial charge in [0.1, 0.15) is 30.5 Å². The zero-order chi connectivity index (χ0) is 23.8. The van der Waals surface area contributed by atoms with Crippen LogP contribution in [0.5, 0.6) is 5.75 Å². The number of methoxy groups -OCH3 is 1. The van der Waals surface area contributed by atoms with Crippen LogP contribution in [0.3, 0.4) is 0 Å². The first-order valence-corrected chi connectivity index (χ1v) is 9.80. The van der Waals surface area contributed by atoms with Gasteiger partial charge in [0.15, 0.2) is 0 Å². The summed E-state index contributed by atoms with van der Waals surface area (Å²) in [6.45, 7) is 7.65. The first kappa shape index (κ1) is 25.7. The maximum Gasteiger partial charge on any atom is 0.408 e. The molecular formula is C21H31N3O7. The number of likely N-dealkylation sites (N-methyl/N-ethyl adjacent to an activating group) is 1. The SMILES string of the molecule is CCN(C(=O)CNC(=O)OC(C)(C)C)C(C(=O)NCC(=O)OC)c1cccc(C)c1O. The van der Waals surface area contributed by atoms with Crippen LogP contribution in [-0.2, 0) is 23.9 Å². The molecule has 1 atom stereocenters. The number of nitrogens with zero attached hydrogens (tertiary/aromatic N) is 1. The summed E-state index contributed by atoms with van der Waals surface area (Å²) in [5, 5.41) is 15.3. The van der Waals surface area contributed by atoms with E-state index in [9.17, 15) is 24.3 Å². The van der Waals surface area contributed by atoms with Gasteiger partial charge in [0.05, 0.1) is 7.11 Å². The van der Waals surface area contributed by atoms with Crippen molar-refractivity contribution in [2.45, 2.75) is 46.3 Å². The number of amides is 3. The fraction of sp³-hybridized carbons (Fsp3) is 0.524. The fourth-order valence-electron chi connectivity index (χ4n) is 2.75. The largest absolute Gasteiger partial charge is 0.507 e. The minimum Gasteiger partial charge on any atom is -0.507 e. The van der Waals surface area contributed by atoms with Gasteiger partial charge in [-0.25, -0.2) is 4.79 Å². The number of hydrogen-bond donors (Lipinski definition) is 3. The van der Waals surface area contributed by atoms with Crippen molar-refractivity contribution in [3.05, 3.63) is 29.3 Å². The highest BCUT2D eigenvalue weighted by atomic mass is 16.6. The van der Waals surface area contributed by atoms with E-state index in [0.717, 1.165) is 0 Å². The van der Waals surface area contributed by atoms with Gasteiger partial charge in [0.25, 0.3) is 0 Å². The van der Waals surface area contributed by atoms with E-state index >= 15 is 0 Å². The summed E-state index contributed by atoms with van der Waals surface area (Å²) in [7, 11) is 1.18. The van der Waals surface area contributed by atoms with Gasteiger partial charge in [-0.1, -0.05) is 18.2 Å². The molecule has 0 aliphatic heterocycles. The first-order chi connectivity index (χ1) is 14.4. The maximum absolute atomic E-state index is 12.9. The molecule has 0 saturated heterocycles. The van der Waals surface area contributed by atoms with Gasteiger partial charge in [-0.3, -0.25) is 14.4 Å². The molecule has 0 saturated carbocycles. The van der Waals surface area contributed by atoms with Crippen molar-refractivity contribution >= 4 is 23.9 Å². The summed E-state index contributed by atoms with van der Waals surface area (Å²) in [5.41, 5.74) is -0.0326. The molecule has 1 rings (SSSR count). The normalized spacial score (nSPS) is 11.8. The molecule has 3 N–H and O–H groups in total. The van der Waals surface area contributed by atoms with Crippen LogP contribution in [0.4, 0.5) is 4.79 Å². The second kappa shape index (κ2) is 11.2. The van der Waals surface area contributed by atoms with Crippen molar-refractivity contribution in [3.63, 3.8) is 0 Å². The average Bonchev–Trinajstić information content (AvgIpc) is 2.69. The highest BCUT2D eigenvalue weighted by Crippen LogP contribution is 2.31. The Labute approximate surface area is 181 Å². The van der Waals surface area contributed by atoms with Gasteiger partial charge < -0.3 is 30.1 Å². The van der Waals surface area contributed by atoms with E-state index in [0.29, 0.717) is 5.56 Å². The van der Waals surface area contributed by atoms with Crippen LogP contribution in [0, 0.1) is 6.92 Å². The Balaban J connectivity index is 3.14. The Kier molecular flexibility index (Phi) is 9.29. The summed E-state index contributed by atoms with van der Waals surface area (Å²) in [6, 6.07) is 3.58. The fourth-order valence-corrected chi connectivity index (χ4v) is 2.75. The van der Waals surface area contributed by atoms with Crippen LogP contribution in [0.1, 0.15) is 44.9 Å². The number of carbonyl (C=O) groups excluding carboxylic acids is 4. The molecule has 0 spiro atoms. The van der Waals surface area contributed by atoms with E-state index in [1.165, 1.54) is 18.1 Å². The molecule has 0 aliphatic rings. The van der Waals surface area contributed by atoms with E-state index in [1.54, 1.807) is 46.8 Å². The molecule has 1 aromatic carbocycles. The number of hydrogen-bond acceptors (Lipinski definition) is 7. The van der Waals surface area contributed by atoms with Crippen molar-refractivity contribution < 1.29 is 33.8 Å². The van der Waals surface area contributed by atoms with Gasteiger partial charge >= 0.3 is 12.1 Å². The molecule has 3 amide bonds. The minimum absolute atomic E-state index is 0.0958. The van der Waals surface area contributed by atoms with Crippen LogP contribution >= 0.6 is 0 Å². The number of nitrogens with one attached hydrogen (secondary N) is 2. The smallest absolute Gasteiger partial charge is 0.408 e. The number of phenols is 1. The van der Waals surface area contributed by atoms with Crippen molar-refractivity contribution in [2.75, 3.05) is 26.7 Å². The molecule has 0 fully saturated rings. The second-order valence-electron chi connectivity index (χ2n) is 7.74. The molecule has 0 aliphatic carbocycles. The molecule has 0 heterocycles. The Bertz CT molecular complexity index is 818. The van der Waals surface area contributed by atoms with E-state index in [-0.39, 0.29) is 17.9 Å². The van der Waals surface area contributed by atoms with E-state index in [2.05, 4.69) is 15.4 Å². The lowest BCUT2D eigenvalue weighted by molar-refractivity contribution is -0.143. The Morgan fingerprint density at radius 2 is 1.77 bits per heavy atom. The standard InChI is InChI=1S/C21H31N3O7/c1-7-24(15(25)11-23-20(29)31-21(3,4)5)17(19(28)22-12-16(26)30-6)14-10-8-9-13(2)18(14)27/h8-10,17,27H,7,11-12H2,1-6H3,(H,22,28)(H,23,29). The summed E-state index contributed by atoms with van der Waals surface area (Å²) in [4.78, 5) is 50.3. The molecule has 0 radical (unpaired) electrons. The molecule has 1 unspecified atom stereocenters. The number of benzene rings is 1. The zero-order valence-electron chi connectivity index (χ0n) is 18.8. The summed E-state index contributed by atoms with van der Waals surface area (Å²) in [5.74, 6) is -2.07. The summed E-state index contributed by atoms with van der Waals surface area (Å²) < 4.78 is 9.64. The van der Waals surface area contributed by atoms with Gasteiger partial charge in [-0.05, 0) is 40.2 Å². The molecule has 1 aromatic rings. The average molecular weight is 437 g/mol. The zero-order valence-corrected chi connectivity index (χ0v) is 18.8. The lowest BCUT2D eigenvalue weighted by atomic mass is 10.00. The third-order valence-corrected chi connectivity index (χ3v) is 4.20. The van der Waals surface area contributed by atoms with Gasteiger partial charge in [-0.2, -0.15) is 0 Å². The lowest BCUT2D eigenvalue weighted by Gasteiger charge is -2.31. The third-order valence-electron chi connectivity index (χ3n) is 4.20. The topological polar surface area (TPSA) is 134 Å². The molecule has 31 heavy (non-hydrogen) atoms. The van der Waals surface area contributed by atoms with Crippen LogP contribution in [0.15, 0.2) is 18.2 Å². The number of para-hydroxylation sites is 1. The predicted octanol–water partition coefficient (Wildman–Crippen LogP) is 1.40. The molecular weight excluding hydrogens is 406 g/mol. The van der Waals surface area contributed by atoms with E-state index in [1.807, 2.05) is 0 Å². The Hall–Kier alpha value is -3.30. The molecule has 172 valence electrons. The molecule has 0 bridgehead atoms. The summed E-state index contributed by atoms with van der Waals surface area (Å²) in [6.07, 6.45) is -0.776. The number of aryl methyl sites for hydroxylation is 1. The van der Waals surface area contributed by atoms with Crippen LogP contribution in [0.2, 0.25) is 0 Å². The quantitative estimate of drug-likeness (QED) is 0.523. The Morgan fingerprint density at radius 1 is 1.13 bits per heavy atom. The Morgan fingerprint density at radius 3 is 2.32 bits per heavy atom. The maximum atomic E-state index is 12.9. The highest BCUT2D eigenvalue weighted by molar-refractivity contribution is 5.92. The van der Waals surface area contributed by atoms with Crippen LogP contribution in [-0.4, -0.2) is 66.2 Å². The van der Waals surface area contributed by atoms with Crippen LogP contribution in [0.25, 0.3) is 0 Å². The summed E-state index contributed by atoms with van der Waals surface area (Å²) >= 11 is 0. The number of aromatic hydroxyl groups is 1. The van der Waals surface area contributed by atoms with Crippen LogP contribution < -0.4 is 10.6 Å². The van der Waals surface area contributed by atoms with Crippen molar-refractivity contribution in [2.24, 2.45) is 0 Å². The van der Waals surface area contributed by atoms with Crippen molar-refractivity contribution in [1.82, 2.24) is 15.5 Å². The lowest BCUT2D eigenvalue weighted by Crippen LogP contribution is -2.48. The number of carbonyl (C=O) groups is 4. The van der Waals surface area contributed by atoms with Gasteiger partial charge in [0, 0.05) is 12.1 Å². The van der Waals surface area contributed by atoms with E-state index < -0.39 is 48.6 Å². The predicted molar refractivity (Wildman–Crippen MR) is 112 cm³/mol. The molecule has 10 nitrogen and oxygen atoms in total. The minimum atomic E-state index is -1.23. The molecule has 10 heteroatoms. The van der Waals surface area contributed by atoms with Crippen molar-refractivity contribution in [3.8, 4) is 5.75 Å². The van der Waals surface area contributed by atoms with Crippen molar-refractivity contribution in [1.29, 1.82) is 0 Å². The number of ether oxygens (including phenoxy) is 2.